The van der Waals surface area contributed by atoms with Crippen LogP contribution in [0.2, 0.25) is 0 Å². The van der Waals surface area contributed by atoms with Crippen molar-refractivity contribution < 1.29 is 37.0 Å². The van der Waals surface area contributed by atoms with Gasteiger partial charge in [-0.3, -0.25) is 4.79 Å². The van der Waals surface area contributed by atoms with Gasteiger partial charge >= 0.3 is 12.1 Å². The van der Waals surface area contributed by atoms with Gasteiger partial charge in [0.1, 0.15) is 0 Å². The van der Waals surface area contributed by atoms with E-state index < -0.39 is 35.9 Å². The van der Waals surface area contributed by atoms with Crippen molar-refractivity contribution >= 4 is 23.3 Å². The van der Waals surface area contributed by atoms with E-state index in [1.807, 2.05) is 0 Å². The Labute approximate surface area is 150 Å². The van der Waals surface area contributed by atoms with Crippen LogP contribution in [0, 0.1) is 0 Å². The zero-order chi connectivity index (χ0) is 19.6. The smallest absolute Gasteiger partial charge is 0.416 e. The van der Waals surface area contributed by atoms with Gasteiger partial charge in [0.2, 0.25) is 6.79 Å². The molecule has 1 aliphatic heterocycles. The number of carbonyl (C=O) groups excluding carboxylic acids is 2. The van der Waals surface area contributed by atoms with Gasteiger partial charge in [0.05, 0.1) is 11.1 Å². The first-order valence-corrected chi connectivity index (χ1v) is 7.57. The summed E-state index contributed by atoms with van der Waals surface area (Å²) in [4.78, 5) is 23.8. The van der Waals surface area contributed by atoms with Gasteiger partial charge in [-0.25, -0.2) is 4.79 Å². The van der Waals surface area contributed by atoms with Gasteiger partial charge in [-0.15, -0.1) is 0 Å². The SMILES string of the molecule is Nc1cc(C(F)(F)F)ccc1C(=O)OCC(=O)Nc1ccc2c(c1)OCO2. The highest BCUT2D eigenvalue weighted by molar-refractivity contribution is 5.98. The van der Waals surface area contributed by atoms with E-state index >= 15 is 0 Å². The Balaban J connectivity index is 1.58. The minimum atomic E-state index is -4.58. The van der Waals surface area contributed by atoms with Crippen LogP contribution in [-0.2, 0) is 15.7 Å². The first-order valence-electron chi connectivity index (χ1n) is 7.57. The second kappa shape index (κ2) is 7.06. The second-order valence-electron chi connectivity index (χ2n) is 5.49. The fraction of sp³-hybridized carbons (Fsp3) is 0.176. The van der Waals surface area contributed by atoms with Crippen molar-refractivity contribution in [2.75, 3.05) is 24.5 Å². The fourth-order valence-corrected chi connectivity index (χ4v) is 2.31. The fourth-order valence-electron chi connectivity index (χ4n) is 2.31. The number of alkyl halides is 3. The number of esters is 1. The largest absolute Gasteiger partial charge is 0.454 e. The highest BCUT2D eigenvalue weighted by Crippen LogP contribution is 2.34. The third-order valence-corrected chi connectivity index (χ3v) is 3.59. The van der Waals surface area contributed by atoms with Crippen LogP contribution in [0.1, 0.15) is 15.9 Å². The first kappa shape index (κ1) is 18.4. The Morgan fingerprint density at radius 1 is 1.11 bits per heavy atom. The van der Waals surface area contributed by atoms with Crippen molar-refractivity contribution in [2.45, 2.75) is 6.18 Å². The zero-order valence-electron chi connectivity index (χ0n) is 13.6. The molecule has 0 aliphatic carbocycles. The van der Waals surface area contributed by atoms with Gasteiger partial charge in [-0.2, -0.15) is 13.2 Å². The number of rotatable bonds is 4. The summed E-state index contributed by atoms with van der Waals surface area (Å²) in [6.45, 7) is -0.563. The molecule has 0 bridgehead atoms. The van der Waals surface area contributed by atoms with E-state index in [1.54, 1.807) is 12.1 Å². The van der Waals surface area contributed by atoms with Gasteiger partial charge in [0.25, 0.3) is 5.91 Å². The number of fused-ring (bicyclic) bond motifs is 1. The lowest BCUT2D eigenvalue weighted by atomic mass is 10.1. The number of anilines is 2. The van der Waals surface area contributed by atoms with Crippen LogP contribution in [0.5, 0.6) is 11.5 Å². The van der Waals surface area contributed by atoms with E-state index in [0.717, 1.165) is 6.07 Å². The summed E-state index contributed by atoms with van der Waals surface area (Å²) < 4.78 is 52.9. The molecule has 3 N–H and O–H groups in total. The molecule has 0 spiro atoms. The molecule has 0 unspecified atom stereocenters. The summed E-state index contributed by atoms with van der Waals surface area (Å²) in [6, 6.07) is 6.95. The summed E-state index contributed by atoms with van der Waals surface area (Å²) in [6.07, 6.45) is -4.58. The van der Waals surface area contributed by atoms with E-state index in [0.29, 0.717) is 29.3 Å². The molecule has 27 heavy (non-hydrogen) atoms. The first-order chi connectivity index (χ1) is 12.7. The number of ether oxygens (including phenoxy) is 3. The number of hydrogen-bond donors (Lipinski definition) is 2. The topological polar surface area (TPSA) is 99.9 Å². The highest BCUT2D eigenvalue weighted by atomic mass is 19.4. The summed E-state index contributed by atoms with van der Waals surface area (Å²) in [5, 5.41) is 2.49. The van der Waals surface area contributed by atoms with Gasteiger partial charge in [0.15, 0.2) is 18.1 Å². The van der Waals surface area contributed by atoms with Crippen LogP contribution in [-0.4, -0.2) is 25.3 Å². The summed E-state index contributed by atoms with van der Waals surface area (Å²) in [5.41, 5.74) is 4.22. The average Bonchev–Trinajstić information content (AvgIpc) is 3.06. The molecule has 0 saturated heterocycles. The number of nitrogens with one attached hydrogen (secondary N) is 1. The molecule has 0 aromatic heterocycles. The molecule has 1 heterocycles. The normalized spacial score (nSPS) is 12.6. The molecule has 0 radical (unpaired) electrons. The maximum atomic E-state index is 12.6. The Kier molecular flexibility index (Phi) is 4.80. The molecular formula is C17H13F3N2O5. The van der Waals surface area contributed by atoms with Crippen LogP contribution in [0.3, 0.4) is 0 Å². The molecule has 7 nitrogen and oxygen atoms in total. The lowest BCUT2D eigenvalue weighted by Crippen LogP contribution is -2.21. The molecule has 10 heteroatoms. The summed E-state index contributed by atoms with van der Waals surface area (Å²) in [7, 11) is 0. The molecule has 0 saturated carbocycles. The Bertz CT molecular complexity index is 899. The molecular weight excluding hydrogens is 369 g/mol. The van der Waals surface area contributed by atoms with Crippen molar-refractivity contribution in [3.8, 4) is 11.5 Å². The second-order valence-corrected chi connectivity index (χ2v) is 5.49. The number of carbonyl (C=O) groups is 2. The molecule has 2 aromatic rings. The molecule has 0 fully saturated rings. The maximum absolute atomic E-state index is 12.6. The quantitative estimate of drug-likeness (QED) is 0.623. The molecule has 0 atom stereocenters. The Hall–Kier alpha value is -3.43. The molecule has 1 amide bonds. The van der Waals surface area contributed by atoms with Crippen LogP contribution < -0.4 is 20.5 Å². The van der Waals surface area contributed by atoms with E-state index in [1.165, 1.54) is 6.07 Å². The average molecular weight is 382 g/mol. The zero-order valence-corrected chi connectivity index (χ0v) is 13.6. The van der Waals surface area contributed by atoms with Crippen molar-refractivity contribution in [3.05, 3.63) is 47.5 Å². The Morgan fingerprint density at radius 3 is 2.56 bits per heavy atom. The lowest BCUT2D eigenvalue weighted by Gasteiger charge is -2.11. The van der Waals surface area contributed by atoms with Crippen LogP contribution in [0.15, 0.2) is 36.4 Å². The van der Waals surface area contributed by atoms with E-state index in [-0.39, 0.29) is 12.4 Å². The third-order valence-electron chi connectivity index (χ3n) is 3.59. The third kappa shape index (κ3) is 4.22. The van der Waals surface area contributed by atoms with Crippen molar-refractivity contribution in [1.29, 1.82) is 0 Å². The number of halogens is 3. The van der Waals surface area contributed by atoms with Gasteiger partial charge < -0.3 is 25.3 Å². The maximum Gasteiger partial charge on any atom is 0.416 e. The van der Waals surface area contributed by atoms with Crippen molar-refractivity contribution in [1.82, 2.24) is 0 Å². The number of benzene rings is 2. The predicted octanol–water partition coefficient (Wildman–Crippen LogP) is 2.81. The van der Waals surface area contributed by atoms with Crippen LogP contribution >= 0.6 is 0 Å². The van der Waals surface area contributed by atoms with Crippen LogP contribution in [0.4, 0.5) is 24.5 Å². The van der Waals surface area contributed by atoms with Crippen molar-refractivity contribution in [3.63, 3.8) is 0 Å². The van der Waals surface area contributed by atoms with Gasteiger partial charge in [-0.05, 0) is 30.3 Å². The minimum Gasteiger partial charge on any atom is -0.454 e. The van der Waals surface area contributed by atoms with Crippen LogP contribution in [0.25, 0.3) is 0 Å². The summed E-state index contributed by atoms with van der Waals surface area (Å²) in [5.74, 6) is -0.658. The number of hydrogen-bond acceptors (Lipinski definition) is 6. The van der Waals surface area contributed by atoms with E-state index in [4.69, 9.17) is 19.9 Å². The highest BCUT2D eigenvalue weighted by Gasteiger charge is 2.31. The van der Waals surface area contributed by atoms with Crippen molar-refractivity contribution in [2.24, 2.45) is 0 Å². The molecule has 2 aromatic carbocycles. The number of nitrogen functional groups attached to an aromatic ring is 1. The summed E-state index contributed by atoms with van der Waals surface area (Å²) >= 11 is 0. The number of nitrogens with two attached hydrogens (primary N) is 1. The van der Waals surface area contributed by atoms with Gasteiger partial charge in [0, 0.05) is 17.4 Å². The Morgan fingerprint density at radius 2 is 1.85 bits per heavy atom. The van der Waals surface area contributed by atoms with Gasteiger partial charge in [-0.1, -0.05) is 0 Å². The lowest BCUT2D eigenvalue weighted by molar-refractivity contribution is -0.137. The number of amides is 1. The van der Waals surface area contributed by atoms with E-state index in [2.05, 4.69) is 5.32 Å². The standard InChI is InChI=1S/C17H13F3N2O5/c18-17(19,20)9-1-3-11(12(21)5-9)16(24)25-7-15(23)22-10-2-4-13-14(6-10)27-8-26-13/h1-6H,7-8,21H2,(H,22,23). The predicted molar refractivity (Wildman–Crippen MR) is 87.3 cm³/mol. The molecule has 142 valence electrons. The molecule has 1 aliphatic rings. The van der Waals surface area contributed by atoms with E-state index in [9.17, 15) is 22.8 Å². The minimum absolute atomic E-state index is 0.0822. The molecule has 3 rings (SSSR count). The monoisotopic (exact) mass is 382 g/mol.